The molecule has 2 aromatic carbocycles. The second kappa shape index (κ2) is 11.1. The molecule has 1 N–H and O–H groups in total. The van der Waals surface area contributed by atoms with Crippen LogP contribution < -0.4 is 5.32 Å². The van der Waals surface area contributed by atoms with Crippen LogP contribution in [0.15, 0.2) is 71.2 Å². The average Bonchev–Trinajstić information content (AvgIpc) is 3.39. The summed E-state index contributed by atoms with van der Waals surface area (Å²) in [6.07, 6.45) is 0. The van der Waals surface area contributed by atoms with Gasteiger partial charge < -0.3 is 14.8 Å². The summed E-state index contributed by atoms with van der Waals surface area (Å²) in [6, 6.07) is 15.0. The van der Waals surface area contributed by atoms with Crippen LogP contribution >= 0.6 is 11.3 Å². The van der Waals surface area contributed by atoms with Crippen LogP contribution in [0.2, 0.25) is 0 Å². The molecule has 198 valence electrons. The van der Waals surface area contributed by atoms with Crippen LogP contribution in [-0.4, -0.2) is 41.1 Å². The zero-order valence-corrected chi connectivity index (χ0v) is 22.4. The molecule has 0 aliphatic carbocycles. The van der Waals surface area contributed by atoms with Crippen LogP contribution in [0.1, 0.15) is 44.2 Å². The SMILES string of the molecule is CCOC(=O)C1=C(C)NC(C)C(C(=O)OCC)(c2nc(-c3cccc([N+](=O)[O-])c3)cs2)C1c1ccccc1. The van der Waals surface area contributed by atoms with Crippen molar-refractivity contribution in [1.29, 1.82) is 0 Å². The topological polar surface area (TPSA) is 121 Å². The molecule has 38 heavy (non-hydrogen) atoms. The second-order valence-corrected chi connectivity index (χ2v) is 9.76. The lowest BCUT2D eigenvalue weighted by Gasteiger charge is -2.46. The number of ether oxygens (including phenoxy) is 2. The fraction of sp³-hybridized carbons (Fsp3) is 0.321. The number of nitro groups is 1. The molecule has 0 radical (unpaired) electrons. The van der Waals surface area contributed by atoms with E-state index in [1.165, 1.54) is 23.5 Å². The number of allylic oxidation sites excluding steroid dienone is 1. The highest BCUT2D eigenvalue weighted by Gasteiger charge is 2.60. The minimum Gasteiger partial charge on any atom is -0.465 e. The summed E-state index contributed by atoms with van der Waals surface area (Å²) in [7, 11) is 0. The molecule has 1 aromatic heterocycles. The van der Waals surface area contributed by atoms with Crippen LogP contribution in [0, 0.1) is 10.1 Å². The Labute approximate surface area is 224 Å². The molecule has 9 nitrogen and oxygen atoms in total. The number of carbonyl (C=O) groups is 2. The summed E-state index contributed by atoms with van der Waals surface area (Å²) >= 11 is 1.25. The number of nitrogens with one attached hydrogen (secondary N) is 1. The second-order valence-electron chi connectivity index (χ2n) is 8.90. The molecule has 4 rings (SSSR count). The Morgan fingerprint density at radius 1 is 1.11 bits per heavy atom. The van der Waals surface area contributed by atoms with Gasteiger partial charge in [0.05, 0.1) is 29.4 Å². The van der Waals surface area contributed by atoms with E-state index >= 15 is 0 Å². The summed E-state index contributed by atoms with van der Waals surface area (Å²) < 4.78 is 11.1. The van der Waals surface area contributed by atoms with Crippen molar-refractivity contribution < 1.29 is 24.0 Å². The first-order valence-corrected chi connectivity index (χ1v) is 13.2. The molecule has 3 atom stereocenters. The van der Waals surface area contributed by atoms with Gasteiger partial charge in [-0.3, -0.25) is 14.9 Å². The number of benzene rings is 2. The standard InChI is InChI=1S/C28H29N3O6S/c1-5-36-25(32)23-17(3)29-18(4)28(27(33)37-6-2,24(23)19-11-8-7-9-12-19)26-30-22(16-38-26)20-13-10-14-21(15-20)31(34)35/h7-16,18,24,29H,5-6H2,1-4H3. The highest BCUT2D eigenvalue weighted by atomic mass is 32.1. The summed E-state index contributed by atoms with van der Waals surface area (Å²) in [5.74, 6) is -1.81. The summed E-state index contributed by atoms with van der Waals surface area (Å²) in [4.78, 5) is 43.2. The maximum atomic E-state index is 14.1. The number of non-ortho nitro benzene ring substituents is 1. The van der Waals surface area contributed by atoms with E-state index in [4.69, 9.17) is 14.5 Å². The maximum absolute atomic E-state index is 14.1. The van der Waals surface area contributed by atoms with Crippen molar-refractivity contribution in [2.75, 3.05) is 13.2 Å². The van der Waals surface area contributed by atoms with Crippen molar-refractivity contribution in [2.24, 2.45) is 0 Å². The lowest BCUT2D eigenvalue weighted by atomic mass is 9.62. The molecule has 0 saturated carbocycles. The predicted octanol–water partition coefficient (Wildman–Crippen LogP) is 5.13. The van der Waals surface area contributed by atoms with Gasteiger partial charge in [-0.2, -0.15) is 0 Å². The predicted molar refractivity (Wildman–Crippen MR) is 144 cm³/mol. The minimum absolute atomic E-state index is 0.0600. The summed E-state index contributed by atoms with van der Waals surface area (Å²) in [5.41, 5.74) is 1.23. The van der Waals surface area contributed by atoms with Gasteiger partial charge in [-0.1, -0.05) is 42.5 Å². The van der Waals surface area contributed by atoms with Crippen molar-refractivity contribution in [3.05, 3.63) is 91.9 Å². The van der Waals surface area contributed by atoms with E-state index in [9.17, 15) is 19.7 Å². The van der Waals surface area contributed by atoms with Gasteiger partial charge in [0.15, 0.2) is 5.41 Å². The van der Waals surface area contributed by atoms with Crippen molar-refractivity contribution in [3.8, 4) is 11.3 Å². The van der Waals surface area contributed by atoms with Crippen molar-refractivity contribution in [2.45, 2.75) is 45.1 Å². The maximum Gasteiger partial charge on any atom is 0.336 e. The number of hydrogen-bond donors (Lipinski definition) is 1. The van der Waals surface area contributed by atoms with Crippen LogP contribution in [0.5, 0.6) is 0 Å². The highest BCUT2D eigenvalue weighted by molar-refractivity contribution is 7.10. The summed E-state index contributed by atoms with van der Waals surface area (Å²) in [6.45, 7) is 7.43. The van der Waals surface area contributed by atoms with E-state index in [1.807, 2.05) is 37.3 Å². The Hall–Kier alpha value is -4.05. The van der Waals surface area contributed by atoms with Gasteiger partial charge in [0, 0.05) is 40.7 Å². The quantitative estimate of drug-likeness (QED) is 0.239. The average molecular weight is 536 g/mol. The fourth-order valence-corrected chi connectivity index (χ4v) is 6.22. The Morgan fingerprint density at radius 3 is 2.47 bits per heavy atom. The third-order valence-corrected chi connectivity index (χ3v) is 7.71. The van der Waals surface area contributed by atoms with Gasteiger partial charge in [-0.25, -0.2) is 9.78 Å². The van der Waals surface area contributed by atoms with E-state index in [0.717, 1.165) is 5.56 Å². The van der Waals surface area contributed by atoms with Crippen LogP contribution in [-0.2, 0) is 24.5 Å². The molecule has 2 heterocycles. The molecule has 1 aliphatic heterocycles. The van der Waals surface area contributed by atoms with Gasteiger partial charge in [0.2, 0.25) is 0 Å². The number of aromatic nitrogens is 1. The molecular formula is C28H29N3O6S. The monoisotopic (exact) mass is 535 g/mol. The fourth-order valence-electron chi connectivity index (χ4n) is 5.08. The smallest absolute Gasteiger partial charge is 0.336 e. The van der Waals surface area contributed by atoms with E-state index < -0.39 is 34.2 Å². The molecule has 3 unspecified atom stereocenters. The first-order chi connectivity index (χ1) is 18.2. The van der Waals surface area contributed by atoms with E-state index in [0.29, 0.717) is 27.5 Å². The van der Waals surface area contributed by atoms with E-state index in [1.54, 1.807) is 38.3 Å². The van der Waals surface area contributed by atoms with Gasteiger partial charge in [-0.05, 0) is 33.3 Å². The molecule has 0 saturated heterocycles. The third-order valence-electron chi connectivity index (χ3n) is 6.72. The molecule has 0 amide bonds. The molecule has 10 heteroatoms. The Balaban J connectivity index is 1.99. The molecular weight excluding hydrogens is 506 g/mol. The lowest BCUT2D eigenvalue weighted by molar-refractivity contribution is -0.384. The normalized spacial score (nSPS) is 20.9. The zero-order valence-electron chi connectivity index (χ0n) is 21.6. The number of rotatable bonds is 8. The van der Waals surface area contributed by atoms with Crippen molar-refractivity contribution in [3.63, 3.8) is 0 Å². The van der Waals surface area contributed by atoms with Gasteiger partial charge in [-0.15, -0.1) is 11.3 Å². The van der Waals surface area contributed by atoms with Crippen LogP contribution in [0.25, 0.3) is 11.3 Å². The molecule has 0 bridgehead atoms. The van der Waals surface area contributed by atoms with E-state index in [-0.39, 0.29) is 18.9 Å². The third kappa shape index (κ3) is 4.67. The molecule has 1 aliphatic rings. The lowest BCUT2D eigenvalue weighted by Crippen LogP contribution is -2.60. The zero-order chi connectivity index (χ0) is 27.4. The van der Waals surface area contributed by atoms with Gasteiger partial charge in [0.25, 0.3) is 5.69 Å². The molecule has 0 spiro atoms. The first kappa shape index (κ1) is 27.0. The summed E-state index contributed by atoms with van der Waals surface area (Å²) in [5, 5.41) is 16.9. The number of hydrogen-bond acceptors (Lipinski definition) is 9. The molecule has 0 fully saturated rings. The first-order valence-electron chi connectivity index (χ1n) is 12.3. The van der Waals surface area contributed by atoms with Crippen LogP contribution in [0.3, 0.4) is 0 Å². The largest absolute Gasteiger partial charge is 0.465 e. The number of esters is 2. The Morgan fingerprint density at radius 2 is 1.82 bits per heavy atom. The van der Waals surface area contributed by atoms with Crippen molar-refractivity contribution in [1.82, 2.24) is 10.3 Å². The van der Waals surface area contributed by atoms with Crippen molar-refractivity contribution >= 4 is 29.0 Å². The number of carbonyl (C=O) groups excluding carboxylic acids is 2. The molecule has 3 aromatic rings. The number of nitro benzene ring substituents is 1. The number of thiazole rings is 1. The number of nitrogens with zero attached hydrogens (tertiary/aromatic N) is 2. The van der Waals surface area contributed by atoms with E-state index in [2.05, 4.69) is 5.32 Å². The highest BCUT2D eigenvalue weighted by Crippen LogP contribution is 2.52. The Bertz CT molecular complexity index is 1390. The van der Waals surface area contributed by atoms with Gasteiger partial charge >= 0.3 is 11.9 Å². The minimum atomic E-state index is -1.43. The van der Waals surface area contributed by atoms with Gasteiger partial charge in [0.1, 0.15) is 5.01 Å². The Kier molecular flexibility index (Phi) is 7.91. The van der Waals surface area contributed by atoms with Crippen LogP contribution in [0.4, 0.5) is 5.69 Å².